The van der Waals surface area contributed by atoms with Crippen molar-refractivity contribution in [2.24, 2.45) is 0 Å². The van der Waals surface area contributed by atoms with Gasteiger partial charge in [-0.25, -0.2) is 17.8 Å². The van der Waals surface area contributed by atoms with Gasteiger partial charge in [0.15, 0.2) is 0 Å². The molecule has 0 atom stereocenters. The Balaban J connectivity index is 1.70. The molecular weight excluding hydrogens is 312 g/mol. The molecular formula is C13H13ClN4O2S. The van der Waals surface area contributed by atoms with Crippen molar-refractivity contribution >= 4 is 33.6 Å². The number of hydrogen-bond donors (Lipinski definition) is 1. The molecule has 1 aliphatic rings. The maximum atomic E-state index is 11.9. The third kappa shape index (κ3) is 3.83. The van der Waals surface area contributed by atoms with Gasteiger partial charge in [-0.15, -0.1) is 5.10 Å². The Morgan fingerprint density at radius 3 is 2.90 bits per heavy atom. The van der Waals surface area contributed by atoms with E-state index >= 15 is 0 Å². The molecule has 0 spiro atoms. The third-order valence-electron chi connectivity index (χ3n) is 2.95. The van der Waals surface area contributed by atoms with Crippen LogP contribution in [0.15, 0.2) is 36.0 Å². The molecule has 6 nitrogen and oxygen atoms in total. The summed E-state index contributed by atoms with van der Waals surface area (Å²) in [7, 11) is -3.65. The highest BCUT2D eigenvalue weighted by Crippen LogP contribution is 2.33. The molecule has 0 amide bonds. The first kappa shape index (κ1) is 14.1. The number of nitrogens with zero attached hydrogens (tertiary/aromatic N) is 3. The Bertz CT molecular complexity index is 781. The normalized spacial score (nSPS) is 15.5. The fourth-order valence-corrected chi connectivity index (χ4v) is 2.73. The zero-order valence-electron chi connectivity index (χ0n) is 11.0. The van der Waals surface area contributed by atoms with E-state index in [1.807, 2.05) is 0 Å². The number of nitrogens with one attached hydrogen (secondary N) is 1. The number of halogens is 1. The third-order valence-corrected chi connectivity index (χ3v) is 4.15. The van der Waals surface area contributed by atoms with E-state index in [-0.39, 0.29) is 5.95 Å². The Kier molecular flexibility index (Phi) is 3.69. The van der Waals surface area contributed by atoms with Gasteiger partial charge in [-0.3, -0.25) is 0 Å². The SMILES string of the molecule is O=S(=O)(/C=C/c1cccc(Cl)c1)Nc1ncn(C2CC2)n1. The van der Waals surface area contributed by atoms with E-state index in [1.165, 1.54) is 12.4 Å². The number of sulfonamides is 1. The number of rotatable bonds is 5. The van der Waals surface area contributed by atoms with Crippen LogP contribution in [0.4, 0.5) is 5.95 Å². The van der Waals surface area contributed by atoms with Gasteiger partial charge < -0.3 is 0 Å². The summed E-state index contributed by atoms with van der Waals surface area (Å²) in [5.41, 5.74) is 0.698. The van der Waals surface area contributed by atoms with Gasteiger partial charge in [-0.1, -0.05) is 23.7 Å². The molecule has 0 saturated heterocycles. The second kappa shape index (κ2) is 5.50. The highest BCUT2D eigenvalue weighted by Gasteiger charge is 2.25. The lowest BCUT2D eigenvalue weighted by atomic mass is 10.2. The Morgan fingerprint density at radius 2 is 2.19 bits per heavy atom. The summed E-state index contributed by atoms with van der Waals surface area (Å²) in [5.74, 6) is 0.0812. The first-order valence-corrected chi connectivity index (χ1v) is 8.32. The predicted octanol–water partition coefficient (Wildman–Crippen LogP) is 2.68. The van der Waals surface area contributed by atoms with Gasteiger partial charge in [-0.05, 0) is 36.6 Å². The summed E-state index contributed by atoms with van der Waals surface area (Å²) >= 11 is 5.84. The van der Waals surface area contributed by atoms with Crippen molar-refractivity contribution in [1.82, 2.24) is 14.8 Å². The zero-order valence-corrected chi connectivity index (χ0v) is 12.5. The monoisotopic (exact) mass is 324 g/mol. The Labute approximate surface area is 127 Å². The summed E-state index contributed by atoms with van der Waals surface area (Å²) in [5, 5.41) is 5.70. The number of anilines is 1. The maximum Gasteiger partial charge on any atom is 0.257 e. The molecule has 110 valence electrons. The summed E-state index contributed by atoms with van der Waals surface area (Å²) in [6.07, 6.45) is 5.12. The molecule has 1 heterocycles. The molecule has 0 aliphatic heterocycles. The van der Waals surface area contributed by atoms with E-state index in [0.29, 0.717) is 16.6 Å². The highest BCUT2D eigenvalue weighted by atomic mass is 35.5. The predicted molar refractivity (Wildman–Crippen MR) is 81.3 cm³/mol. The van der Waals surface area contributed by atoms with Gasteiger partial charge in [0, 0.05) is 5.02 Å². The molecule has 1 aliphatic carbocycles. The molecule has 0 radical (unpaired) electrons. The minimum Gasteiger partial charge on any atom is -0.248 e. The van der Waals surface area contributed by atoms with Crippen molar-refractivity contribution < 1.29 is 8.42 Å². The zero-order chi connectivity index (χ0) is 14.9. The maximum absolute atomic E-state index is 11.9. The van der Waals surface area contributed by atoms with Gasteiger partial charge in [0.25, 0.3) is 16.0 Å². The van der Waals surface area contributed by atoms with Gasteiger partial charge in [0.05, 0.1) is 11.4 Å². The van der Waals surface area contributed by atoms with E-state index in [1.54, 1.807) is 28.9 Å². The fourth-order valence-electron chi connectivity index (χ4n) is 1.78. The molecule has 0 unspecified atom stereocenters. The second-order valence-electron chi connectivity index (χ2n) is 4.78. The first-order chi connectivity index (χ1) is 10.0. The molecule has 8 heteroatoms. The lowest BCUT2D eigenvalue weighted by Gasteiger charge is -1.99. The van der Waals surface area contributed by atoms with Crippen LogP contribution in [0.25, 0.3) is 6.08 Å². The van der Waals surface area contributed by atoms with Crippen molar-refractivity contribution in [3.8, 4) is 0 Å². The van der Waals surface area contributed by atoms with Crippen molar-refractivity contribution in [3.05, 3.63) is 46.6 Å². The molecule has 0 bridgehead atoms. The molecule has 1 aromatic heterocycles. The van der Waals surface area contributed by atoms with Crippen LogP contribution in [-0.2, 0) is 10.0 Å². The van der Waals surface area contributed by atoms with Gasteiger partial charge in [0.1, 0.15) is 6.33 Å². The molecule has 1 fully saturated rings. The van der Waals surface area contributed by atoms with Crippen LogP contribution in [0.3, 0.4) is 0 Å². The van der Waals surface area contributed by atoms with Crippen LogP contribution in [0.1, 0.15) is 24.4 Å². The van der Waals surface area contributed by atoms with Crippen molar-refractivity contribution in [2.75, 3.05) is 4.72 Å². The number of aromatic nitrogens is 3. The number of benzene rings is 1. The lowest BCUT2D eigenvalue weighted by Crippen LogP contribution is -2.10. The first-order valence-electron chi connectivity index (χ1n) is 6.39. The summed E-state index contributed by atoms with van der Waals surface area (Å²) in [6, 6.07) is 7.27. The molecule has 1 aromatic carbocycles. The summed E-state index contributed by atoms with van der Waals surface area (Å²) in [4.78, 5) is 3.94. The average molecular weight is 325 g/mol. The average Bonchev–Trinajstić information content (AvgIpc) is 3.18. The second-order valence-corrected chi connectivity index (χ2v) is 6.79. The summed E-state index contributed by atoms with van der Waals surface area (Å²) in [6.45, 7) is 0. The van der Waals surface area contributed by atoms with Crippen LogP contribution >= 0.6 is 11.6 Å². The topological polar surface area (TPSA) is 76.9 Å². The van der Waals surface area contributed by atoms with Crippen molar-refractivity contribution in [1.29, 1.82) is 0 Å². The molecule has 21 heavy (non-hydrogen) atoms. The van der Waals surface area contributed by atoms with Crippen LogP contribution in [0, 0.1) is 0 Å². The van der Waals surface area contributed by atoms with Gasteiger partial charge in [0.2, 0.25) is 0 Å². The minimum absolute atomic E-state index is 0.0812. The van der Waals surface area contributed by atoms with Crippen molar-refractivity contribution in [2.45, 2.75) is 18.9 Å². The van der Waals surface area contributed by atoms with E-state index in [4.69, 9.17) is 11.6 Å². The van der Waals surface area contributed by atoms with Crippen LogP contribution in [0.5, 0.6) is 0 Å². The minimum atomic E-state index is -3.65. The summed E-state index contributed by atoms with van der Waals surface area (Å²) < 4.78 is 27.9. The number of hydrogen-bond acceptors (Lipinski definition) is 4. The smallest absolute Gasteiger partial charge is 0.248 e. The van der Waals surface area contributed by atoms with Crippen LogP contribution in [-0.4, -0.2) is 23.2 Å². The molecule has 1 saturated carbocycles. The fraction of sp³-hybridized carbons (Fsp3) is 0.231. The van der Waals surface area contributed by atoms with Gasteiger partial charge in [-0.2, -0.15) is 4.98 Å². The molecule has 3 rings (SSSR count). The van der Waals surface area contributed by atoms with Gasteiger partial charge >= 0.3 is 0 Å². The van der Waals surface area contributed by atoms with E-state index in [0.717, 1.165) is 18.2 Å². The van der Waals surface area contributed by atoms with E-state index in [9.17, 15) is 8.42 Å². The highest BCUT2D eigenvalue weighted by molar-refractivity contribution is 7.95. The van der Waals surface area contributed by atoms with E-state index < -0.39 is 10.0 Å². The Hall–Kier alpha value is -1.86. The van der Waals surface area contributed by atoms with Crippen molar-refractivity contribution in [3.63, 3.8) is 0 Å². The van der Waals surface area contributed by atoms with Crippen LogP contribution in [0.2, 0.25) is 5.02 Å². The largest absolute Gasteiger partial charge is 0.257 e. The lowest BCUT2D eigenvalue weighted by molar-refractivity contribution is 0.608. The molecule has 1 N–H and O–H groups in total. The Morgan fingerprint density at radius 1 is 1.38 bits per heavy atom. The molecule has 2 aromatic rings. The standard InChI is InChI=1S/C13H13ClN4O2S/c14-11-3-1-2-10(8-11)6-7-21(19,20)17-13-15-9-18(16-13)12-4-5-12/h1-3,6-9,12H,4-5H2,(H,16,17)/b7-6+. The van der Waals surface area contributed by atoms with E-state index in [2.05, 4.69) is 14.8 Å². The quantitative estimate of drug-likeness (QED) is 0.917. The van der Waals surface area contributed by atoms with Crippen LogP contribution < -0.4 is 4.72 Å².